The molecule has 6 heteroatoms. The van der Waals surface area contributed by atoms with Gasteiger partial charge in [-0.05, 0) is 36.4 Å². The van der Waals surface area contributed by atoms with Crippen LogP contribution in [0.25, 0.3) is 6.08 Å². The van der Waals surface area contributed by atoms with E-state index in [1.165, 1.54) is 0 Å². The van der Waals surface area contributed by atoms with Crippen molar-refractivity contribution < 1.29 is 9.53 Å². The molecule has 1 amide bonds. The second-order valence-electron chi connectivity index (χ2n) is 4.81. The molecule has 116 valence electrons. The van der Waals surface area contributed by atoms with E-state index in [2.05, 4.69) is 10.3 Å². The molecule has 1 aliphatic rings. The Labute approximate surface area is 143 Å². The molecule has 0 bridgehead atoms. The lowest BCUT2D eigenvalue weighted by atomic mass is 10.1. The SMILES string of the molecule is COc1ccc(Cl)cc1/C=C1/N=C(c2ccccc2Cl)NC1=O. The summed E-state index contributed by atoms with van der Waals surface area (Å²) in [4.78, 5) is 16.5. The third kappa shape index (κ3) is 3.23. The van der Waals surface area contributed by atoms with Crippen LogP contribution < -0.4 is 10.1 Å². The Balaban J connectivity index is 2.02. The van der Waals surface area contributed by atoms with Gasteiger partial charge in [-0.25, -0.2) is 4.99 Å². The van der Waals surface area contributed by atoms with Crippen molar-refractivity contribution in [3.63, 3.8) is 0 Å². The molecule has 1 N–H and O–H groups in total. The van der Waals surface area contributed by atoms with Crippen LogP contribution in [0.1, 0.15) is 11.1 Å². The van der Waals surface area contributed by atoms with E-state index in [0.717, 1.165) is 0 Å². The van der Waals surface area contributed by atoms with Gasteiger partial charge in [0, 0.05) is 16.1 Å². The first kappa shape index (κ1) is 15.6. The van der Waals surface area contributed by atoms with Crippen LogP contribution >= 0.6 is 23.2 Å². The minimum atomic E-state index is -0.304. The number of hydrogen-bond acceptors (Lipinski definition) is 3. The fourth-order valence-electron chi connectivity index (χ4n) is 2.21. The summed E-state index contributed by atoms with van der Waals surface area (Å²) in [6, 6.07) is 12.4. The number of nitrogens with zero attached hydrogens (tertiary/aromatic N) is 1. The Morgan fingerprint density at radius 3 is 2.70 bits per heavy atom. The summed E-state index contributed by atoms with van der Waals surface area (Å²) in [6.45, 7) is 0. The molecular weight excluding hydrogens is 335 g/mol. The van der Waals surface area contributed by atoms with E-state index in [1.54, 1.807) is 43.5 Å². The monoisotopic (exact) mass is 346 g/mol. The fraction of sp³-hybridized carbons (Fsp3) is 0.0588. The Morgan fingerprint density at radius 1 is 1.17 bits per heavy atom. The summed E-state index contributed by atoms with van der Waals surface area (Å²) in [5, 5.41) is 3.79. The minimum Gasteiger partial charge on any atom is -0.496 e. The second kappa shape index (κ2) is 6.44. The lowest BCUT2D eigenvalue weighted by Gasteiger charge is -2.05. The molecule has 2 aromatic carbocycles. The Bertz CT molecular complexity index is 844. The van der Waals surface area contributed by atoms with E-state index < -0.39 is 0 Å². The summed E-state index contributed by atoms with van der Waals surface area (Å²) in [5.74, 6) is 0.728. The number of amides is 1. The largest absolute Gasteiger partial charge is 0.496 e. The average Bonchev–Trinajstić information content (AvgIpc) is 2.89. The van der Waals surface area contributed by atoms with Crippen LogP contribution in [0.15, 0.2) is 53.2 Å². The van der Waals surface area contributed by atoms with Crippen LogP contribution in [0.2, 0.25) is 10.0 Å². The van der Waals surface area contributed by atoms with Crippen LogP contribution in [0, 0.1) is 0 Å². The molecule has 4 nitrogen and oxygen atoms in total. The van der Waals surface area contributed by atoms with Crippen LogP contribution in [0.5, 0.6) is 5.75 Å². The Morgan fingerprint density at radius 2 is 1.96 bits per heavy atom. The van der Waals surface area contributed by atoms with Crippen molar-refractivity contribution in [3.8, 4) is 5.75 Å². The highest BCUT2D eigenvalue weighted by atomic mass is 35.5. The number of carbonyl (C=O) groups excluding carboxylic acids is 1. The number of ether oxygens (including phenoxy) is 1. The van der Waals surface area contributed by atoms with Gasteiger partial charge in [0.25, 0.3) is 5.91 Å². The van der Waals surface area contributed by atoms with Crippen LogP contribution in [-0.4, -0.2) is 18.9 Å². The van der Waals surface area contributed by atoms with E-state index in [9.17, 15) is 4.79 Å². The third-order valence-electron chi connectivity index (χ3n) is 3.31. The fourth-order valence-corrected chi connectivity index (χ4v) is 2.62. The molecule has 0 spiro atoms. The predicted octanol–water partition coefficient (Wildman–Crippen LogP) is 3.92. The summed E-state index contributed by atoms with van der Waals surface area (Å²) >= 11 is 12.1. The van der Waals surface area contributed by atoms with Crippen molar-refractivity contribution in [1.29, 1.82) is 0 Å². The first-order valence-electron chi connectivity index (χ1n) is 6.78. The number of benzene rings is 2. The maximum absolute atomic E-state index is 12.1. The summed E-state index contributed by atoms with van der Waals surface area (Å²) in [6.07, 6.45) is 1.63. The number of methoxy groups -OCH3 is 1. The first-order valence-corrected chi connectivity index (χ1v) is 7.54. The number of nitrogens with one attached hydrogen (secondary N) is 1. The van der Waals surface area contributed by atoms with Gasteiger partial charge in [-0.1, -0.05) is 35.3 Å². The molecule has 0 saturated carbocycles. The van der Waals surface area contributed by atoms with E-state index >= 15 is 0 Å². The van der Waals surface area contributed by atoms with Crippen molar-refractivity contribution in [1.82, 2.24) is 5.32 Å². The Hall–Kier alpha value is -2.30. The van der Waals surface area contributed by atoms with Gasteiger partial charge in [-0.3, -0.25) is 4.79 Å². The molecule has 0 aliphatic carbocycles. The molecule has 23 heavy (non-hydrogen) atoms. The molecule has 2 aromatic rings. The molecule has 0 aromatic heterocycles. The van der Waals surface area contributed by atoms with Gasteiger partial charge in [-0.15, -0.1) is 0 Å². The number of aliphatic imine (C=N–C) groups is 1. The Kier molecular flexibility index (Phi) is 4.37. The predicted molar refractivity (Wildman–Crippen MR) is 92.1 cm³/mol. The molecule has 0 saturated heterocycles. The van der Waals surface area contributed by atoms with E-state index in [4.69, 9.17) is 27.9 Å². The minimum absolute atomic E-state index is 0.264. The lowest BCUT2D eigenvalue weighted by molar-refractivity contribution is -0.115. The highest BCUT2D eigenvalue weighted by Gasteiger charge is 2.22. The average molecular weight is 347 g/mol. The van der Waals surface area contributed by atoms with Crippen LogP contribution in [-0.2, 0) is 4.79 Å². The van der Waals surface area contributed by atoms with Gasteiger partial charge < -0.3 is 10.1 Å². The lowest BCUT2D eigenvalue weighted by Crippen LogP contribution is -2.24. The molecule has 0 unspecified atom stereocenters. The van der Waals surface area contributed by atoms with E-state index in [1.807, 2.05) is 12.1 Å². The van der Waals surface area contributed by atoms with Gasteiger partial charge in [0.2, 0.25) is 0 Å². The topological polar surface area (TPSA) is 50.7 Å². The van der Waals surface area contributed by atoms with E-state index in [0.29, 0.717) is 32.8 Å². The molecule has 3 rings (SSSR count). The van der Waals surface area contributed by atoms with Crippen molar-refractivity contribution in [2.75, 3.05) is 7.11 Å². The van der Waals surface area contributed by atoms with Crippen LogP contribution in [0.3, 0.4) is 0 Å². The maximum atomic E-state index is 12.1. The zero-order valence-corrected chi connectivity index (χ0v) is 13.7. The first-order chi connectivity index (χ1) is 11.1. The molecule has 1 aliphatic heterocycles. The number of halogens is 2. The van der Waals surface area contributed by atoms with Gasteiger partial charge >= 0.3 is 0 Å². The molecule has 0 atom stereocenters. The van der Waals surface area contributed by atoms with Crippen molar-refractivity contribution >= 4 is 41.0 Å². The van der Waals surface area contributed by atoms with Gasteiger partial charge in [-0.2, -0.15) is 0 Å². The van der Waals surface area contributed by atoms with E-state index in [-0.39, 0.29) is 11.6 Å². The van der Waals surface area contributed by atoms with Crippen molar-refractivity contribution in [3.05, 3.63) is 69.3 Å². The molecular formula is C17H12Cl2N2O2. The zero-order chi connectivity index (χ0) is 16.4. The highest BCUT2D eigenvalue weighted by molar-refractivity contribution is 6.35. The third-order valence-corrected chi connectivity index (χ3v) is 3.87. The summed E-state index contributed by atoms with van der Waals surface area (Å²) in [5.41, 5.74) is 1.61. The van der Waals surface area contributed by atoms with Gasteiger partial charge in [0.05, 0.1) is 12.1 Å². The second-order valence-corrected chi connectivity index (χ2v) is 5.65. The molecule has 0 radical (unpaired) electrons. The van der Waals surface area contributed by atoms with Crippen LogP contribution in [0.4, 0.5) is 0 Å². The highest BCUT2D eigenvalue weighted by Crippen LogP contribution is 2.27. The van der Waals surface area contributed by atoms with Gasteiger partial charge in [0.1, 0.15) is 17.3 Å². The molecule has 1 heterocycles. The normalized spacial score (nSPS) is 15.5. The van der Waals surface area contributed by atoms with Gasteiger partial charge in [0.15, 0.2) is 0 Å². The number of hydrogen-bond donors (Lipinski definition) is 1. The number of rotatable bonds is 3. The summed E-state index contributed by atoms with van der Waals surface area (Å²) in [7, 11) is 1.55. The standard InChI is InChI=1S/C17H12Cl2N2O2/c1-23-15-7-6-11(18)8-10(15)9-14-17(22)21-16(20-14)12-4-2-3-5-13(12)19/h2-9H,1H3,(H,20,21,22)/b14-9+. The maximum Gasteiger partial charge on any atom is 0.275 e. The number of amidine groups is 1. The summed E-state index contributed by atoms with van der Waals surface area (Å²) < 4.78 is 5.27. The van der Waals surface area contributed by atoms with Crippen molar-refractivity contribution in [2.45, 2.75) is 0 Å². The quantitative estimate of drug-likeness (QED) is 0.856. The van der Waals surface area contributed by atoms with Crippen molar-refractivity contribution in [2.24, 2.45) is 4.99 Å². The molecule has 0 fully saturated rings. The zero-order valence-electron chi connectivity index (χ0n) is 12.1. The smallest absolute Gasteiger partial charge is 0.275 e. The number of carbonyl (C=O) groups is 1.